The van der Waals surface area contributed by atoms with Gasteiger partial charge in [-0.25, -0.2) is 0 Å². The van der Waals surface area contributed by atoms with Crippen LogP contribution in [0.1, 0.15) is 6.42 Å². The molecule has 0 rings (SSSR count). The van der Waals surface area contributed by atoms with Gasteiger partial charge in [-0.05, 0) is 0 Å². The molecule has 0 saturated heterocycles. The Morgan fingerprint density at radius 1 is 1.11 bits per heavy atom. The molecule has 0 atom stereocenters. The van der Waals surface area contributed by atoms with Crippen LogP contribution < -0.4 is 17.2 Å². The van der Waals surface area contributed by atoms with Gasteiger partial charge in [-0.2, -0.15) is 0 Å². The standard InChI is InChI=1S/C5H17GeN3/c6-5(3-8,4-9)1-2-7/h1-4,7-9H2,6H3. The molecule has 0 unspecified atom stereocenters. The summed E-state index contributed by atoms with van der Waals surface area (Å²) < 4.78 is 0.252. The van der Waals surface area contributed by atoms with Gasteiger partial charge in [0.05, 0.1) is 0 Å². The molecule has 0 aromatic rings. The second kappa shape index (κ2) is 4.27. The predicted octanol–water partition coefficient (Wildman–Crippen LogP) is -2.22. The van der Waals surface area contributed by atoms with E-state index < -0.39 is 0 Å². The molecule has 0 bridgehead atoms. The van der Waals surface area contributed by atoms with Gasteiger partial charge in [0.25, 0.3) is 0 Å². The average molecular weight is 192 g/mol. The zero-order valence-corrected chi connectivity index (χ0v) is 10.3. The number of hydrogen-bond acceptors (Lipinski definition) is 3. The first-order valence-corrected chi connectivity index (χ1v) is 5.38. The maximum atomic E-state index is 5.51. The fourth-order valence-electron chi connectivity index (χ4n) is 0.636. The van der Waals surface area contributed by atoms with Crippen LogP contribution in [0.3, 0.4) is 0 Å². The molecular weight excluding hydrogens is 175 g/mol. The van der Waals surface area contributed by atoms with Gasteiger partial charge < -0.3 is 0 Å². The molecule has 0 aliphatic carbocycles. The van der Waals surface area contributed by atoms with Crippen LogP contribution >= 0.6 is 0 Å². The van der Waals surface area contributed by atoms with E-state index >= 15 is 0 Å². The Kier molecular flexibility index (Phi) is 4.47. The van der Waals surface area contributed by atoms with E-state index in [1.165, 1.54) is 0 Å². The van der Waals surface area contributed by atoms with Gasteiger partial charge in [0, 0.05) is 0 Å². The zero-order valence-electron chi connectivity index (χ0n) is 6.06. The molecule has 0 saturated carbocycles. The first-order chi connectivity index (χ1) is 4.18. The second-order valence-corrected chi connectivity index (χ2v) is 7.21. The molecule has 4 heteroatoms. The SMILES string of the molecule is NCC[C]([GeH3])(CN)CN. The third kappa shape index (κ3) is 3.20. The summed E-state index contributed by atoms with van der Waals surface area (Å²) in [6, 6.07) is 0. The Morgan fingerprint density at radius 3 is 1.67 bits per heavy atom. The summed E-state index contributed by atoms with van der Waals surface area (Å²) in [6.07, 6.45) is 1.00. The molecule has 0 fully saturated rings. The molecule has 9 heavy (non-hydrogen) atoms. The molecule has 0 aromatic carbocycles. The minimum atomic E-state index is 0.252. The van der Waals surface area contributed by atoms with E-state index in [0.29, 0.717) is 29.6 Å². The van der Waals surface area contributed by atoms with Gasteiger partial charge in [-0.1, -0.05) is 0 Å². The Labute approximate surface area is 64.6 Å². The summed E-state index contributed by atoms with van der Waals surface area (Å²) in [5, 5.41) is 0. The molecule has 6 N–H and O–H groups in total. The summed E-state index contributed by atoms with van der Waals surface area (Å²) in [7, 11) is 0. The van der Waals surface area contributed by atoms with Crippen LogP contribution in [0.5, 0.6) is 0 Å². The van der Waals surface area contributed by atoms with Crippen molar-refractivity contribution in [2.24, 2.45) is 17.2 Å². The van der Waals surface area contributed by atoms with Crippen molar-refractivity contribution >= 4 is 16.5 Å². The van der Waals surface area contributed by atoms with Crippen LogP contribution in [-0.2, 0) is 0 Å². The minimum absolute atomic E-state index is 0.252. The van der Waals surface area contributed by atoms with Crippen molar-refractivity contribution < 1.29 is 0 Å². The molecule has 0 aromatic heterocycles. The van der Waals surface area contributed by atoms with Crippen molar-refractivity contribution in [3.05, 3.63) is 0 Å². The van der Waals surface area contributed by atoms with Crippen LogP contribution in [0.15, 0.2) is 0 Å². The van der Waals surface area contributed by atoms with Gasteiger partial charge >= 0.3 is 64.0 Å². The van der Waals surface area contributed by atoms with Crippen LogP contribution in [0, 0.1) is 0 Å². The van der Waals surface area contributed by atoms with E-state index in [1.54, 1.807) is 0 Å². The monoisotopic (exact) mass is 193 g/mol. The predicted molar refractivity (Wildman–Crippen MR) is 44.4 cm³/mol. The molecule has 0 amide bonds. The first kappa shape index (κ1) is 9.42. The topological polar surface area (TPSA) is 78.1 Å². The van der Waals surface area contributed by atoms with E-state index in [1.807, 2.05) is 0 Å². The number of hydrogen-bond donors (Lipinski definition) is 3. The fourth-order valence-corrected chi connectivity index (χ4v) is 1.24. The van der Waals surface area contributed by atoms with E-state index in [0.717, 1.165) is 13.0 Å². The van der Waals surface area contributed by atoms with Crippen molar-refractivity contribution in [1.29, 1.82) is 0 Å². The molecule has 56 valence electrons. The van der Waals surface area contributed by atoms with Gasteiger partial charge in [0.15, 0.2) is 0 Å². The Hall–Kier alpha value is 0.423. The Bertz CT molecular complexity index is 72.6. The van der Waals surface area contributed by atoms with E-state index in [4.69, 9.17) is 17.2 Å². The summed E-state index contributed by atoms with van der Waals surface area (Å²) in [6.45, 7) is 2.14. The third-order valence-electron chi connectivity index (χ3n) is 1.73. The second-order valence-electron chi connectivity index (χ2n) is 2.76. The summed E-state index contributed by atoms with van der Waals surface area (Å²) in [4.78, 5) is 0. The van der Waals surface area contributed by atoms with Crippen LogP contribution in [0.4, 0.5) is 0 Å². The molecule has 0 spiro atoms. The van der Waals surface area contributed by atoms with Crippen LogP contribution in [-0.4, -0.2) is 36.1 Å². The van der Waals surface area contributed by atoms with Gasteiger partial charge in [0.1, 0.15) is 0 Å². The molecular formula is C5H17GeN3. The first-order valence-electron chi connectivity index (χ1n) is 3.29. The van der Waals surface area contributed by atoms with E-state index in [-0.39, 0.29) is 4.25 Å². The normalized spacial score (nSPS) is 12.3. The Morgan fingerprint density at radius 2 is 1.56 bits per heavy atom. The van der Waals surface area contributed by atoms with Gasteiger partial charge in [0.2, 0.25) is 0 Å². The Balaban J connectivity index is 3.62. The summed E-state index contributed by atoms with van der Waals surface area (Å²) >= 11 is 0.697. The molecule has 0 heterocycles. The molecule has 3 nitrogen and oxygen atoms in total. The third-order valence-corrected chi connectivity index (χ3v) is 4.50. The fraction of sp³-hybridized carbons (Fsp3) is 1.00. The maximum absolute atomic E-state index is 5.51. The van der Waals surface area contributed by atoms with Crippen molar-refractivity contribution in [2.75, 3.05) is 19.6 Å². The van der Waals surface area contributed by atoms with Gasteiger partial charge in [-0.15, -0.1) is 0 Å². The van der Waals surface area contributed by atoms with Gasteiger partial charge in [-0.3, -0.25) is 0 Å². The van der Waals surface area contributed by atoms with Crippen molar-refractivity contribution in [1.82, 2.24) is 0 Å². The van der Waals surface area contributed by atoms with Crippen molar-refractivity contribution in [2.45, 2.75) is 10.7 Å². The number of nitrogens with two attached hydrogens (primary N) is 3. The molecule has 0 aliphatic heterocycles. The average Bonchev–Trinajstić information content (AvgIpc) is 1.89. The van der Waals surface area contributed by atoms with E-state index in [2.05, 4.69) is 0 Å². The zero-order chi connectivity index (χ0) is 7.33. The summed E-state index contributed by atoms with van der Waals surface area (Å²) in [5.41, 5.74) is 16.4. The quantitative estimate of drug-likeness (QED) is 0.441. The molecule has 0 aliphatic rings. The summed E-state index contributed by atoms with van der Waals surface area (Å²) in [5.74, 6) is 0. The van der Waals surface area contributed by atoms with Crippen molar-refractivity contribution in [3.63, 3.8) is 0 Å². The van der Waals surface area contributed by atoms with E-state index in [9.17, 15) is 0 Å². The van der Waals surface area contributed by atoms with Crippen molar-refractivity contribution in [3.8, 4) is 0 Å². The van der Waals surface area contributed by atoms with Crippen LogP contribution in [0.2, 0.25) is 4.25 Å². The molecule has 0 radical (unpaired) electrons. The van der Waals surface area contributed by atoms with Crippen LogP contribution in [0.25, 0.3) is 0 Å². The number of rotatable bonds is 4.